The van der Waals surface area contributed by atoms with E-state index >= 15 is 0 Å². The fourth-order valence-corrected chi connectivity index (χ4v) is 3.61. The normalized spacial score (nSPS) is 39.2. The van der Waals surface area contributed by atoms with Gasteiger partial charge in [-0.2, -0.15) is 0 Å². The molecule has 3 aliphatic heterocycles. The van der Waals surface area contributed by atoms with Crippen molar-refractivity contribution in [3.63, 3.8) is 0 Å². The standard InChI is InChI=1S/C13H20N2O3/c1-2-8-3-10-12(17)15-6-9(7-16)4-11(15)13(18)14(10)5-8/h8-11,16H,2-7H2,1H3. The Balaban J connectivity index is 1.84. The fraction of sp³-hybridized carbons (Fsp3) is 0.846. The number of nitrogens with zero attached hydrogens (tertiary/aromatic N) is 2. The first-order valence-corrected chi connectivity index (χ1v) is 6.87. The molecular formula is C13H20N2O3. The molecule has 0 bridgehead atoms. The minimum Gasteiger partial charge on any atom is -0.396 e. The van der Waals surface area contributed by atoms with Crippen molar-refractivity contribution in [3.05, 3.63) is 0 Å². The van der Waals surface area contributed by atoms with E-state index in [-0.39, 0.29) is 36.4 Å². The van der Waals surface area contributed by atoms with E-state index in [1.54, 1.807) is 9.80 Å². The van der Waals surface area contributed by atoms with Crippen molar-refractivity contribution in [3.8, 4) is 0 Å². The minimum atomic E-state index is -0.304. The molecule has 2 amide bonds. The van der Waals surface area contributed by atoms with Crippen LogP contribution in [0.4, 0.5) is 0 Å². The van der Waals surface area contributed by atoms with E-state index in [0.717, 1.165) is 19.4 Å². The lowest BCUT2D eigenvalue weighted by molar-refractivity contribution is -0.156. The zero-order valence-corrected chi connectivity index (χ0v) is 10.7. The summed E-state index contributed by atoms with van der Waals surface area (Å²) in [6, 6.07) is -0.530. The van der Waals surface area contributed by atoms with Gasteiger partial charge in [-0.3, -0.25) is 9.59 Å². The number of fused-ring (bicyclic) bond motifs is 2. The van der Waals surface area contributed by atoms with Crippen LogP contribution in [0.25, 0.3) is 0 Å². The zero-order chi connectivity index (χ0) is 12.9. The number of carbonyl (C=O) groups excluding carboxylic acids is 2. The van der Waals surface area contributed by atoms with Gasteiger partial charge < -0.3 is 14.9 Å². The lowest BCUT2D eigenvalue weighted by Gasteiger charge is -2.38. The van der Waals surface area contributed by atoms with E-state index < -0.39 is 0 Å². The van der Waals surface area contributed by atoms with Crippen LogP contribution < -0.4 is 0 Å². The molecule has 0 saturated carbocycles. The zero-order valence-electron chi connectivity index (χ0n) is 10.7. The van der Waals surface area contributed by atoms with E-state index in [4.69, 9.17) is 0 Å². The summed E-state index contributed by atoms with van der Waals surface area (Å²) in [5.41, 5.74) is 0. The lowest BCUT2D eigenvalue weighted by Crippen LogP contribution is -2.60. The summed E-state index contributed by atoms with van der Waals surface area (Å²) in [6.07, 6.45) is 2.46. The molecule has 3 rings (SSSR count). The number of hydrogen-bond donors (Lipinski definition) is 1. The van der Waals surface area contributed by atoms with Gasteiger partial charge in [-0.05, 0) is 18.8 Å². The summed E-state index contributed by atoms with van der Waals surface area (Å²) in [4.78, 5) is 28.3. The Bertz CT molecular complexity index is 320. The minimum absolute atomic E-state index is 0.0653. The van der Waals surface area contributed by atoms with Gasteiger partial charge in [0, 0.05) is 25.6 Å². The summed E-state index contributed by atoms with van der Waals surface area (Å²) in [5, 5.41) is 9.21. The summed E-state index contributed by atoms with van der Waals surface area (Å²) < 4.78 is 0. The molecule has 0 aromatic heterocycles. The van der Waals surface area contributed by atoms with Gasteiger partial charge in [0.15, 0.2) is 0 Å². The Labute approximate surface area is 107 Å². The second kappa shape index (κ2) is 4.23. The monoisotopic (exact) mass is 252 g/mol. The number of hydrogen-bond acceptors (Lipinski definition) is 3. The van der Waals surface area contributed by atoms with Crippen molar-refractivity contribution in [2.24, 2.45) is 11.8 Å². The molecule has 4 unspecified atom stereocenters. The molecule has 3 heterocycles. The highest BCUT2D eigenvalue weighted by Gasteiger charge is 2.52. The molecule has 3 saturated heterocycles. The number of rotatable bonds is 2. The molecule has 100 valence electrons. The third-order valence-corrected chi connectivity index (χ3v) is 4.75. The SMILES string of the molecule is CCC1CC2C(=O)N3CC(CO)CC3C(=O)N2C1. The second-order valence-electron chi connectivity index (χ2n) is 5.81. The predicted octanol–water partition coefficient (Wildman–Crippen LogP) is -0.163. The van der Waals surface area contributed by atoms with Crippen molar-refractivity contribution < 1.29 is 14.7 Å². The van der Waals surface area contributed by atoms with Gasteiger partial charge in [0.2, 0.25) is 11.8 Å². The van der Waals surface area contributed by atoms with Crippen molar-refractivity contribution in [1.82, 2.24) is 9.80 Å². The van der Waals surface area contributed by atoms with Gasteiger partial charge in [-0.25, -0.2) is 0 Å². The Kier molecular flexibility index (Phi) is 2.81. The van der Waals surface area contributed by atoms with Crippen LogP contribution in [0.2, 0.25) is 0 Å². The van der Waals surface area contributed by atoms with E-state index in [9.17, 15) is 14.7 Å². The van der Waals surface area contributed by atoms with Crippen LogP contribution in [0.5, 0.6) is 0 Å². The Morgan fingerprint density at radius 1 is 1.06 bits per heavy atom. The van der Waals surface area contributed by atoms with Crippen LogP contribution in [0.1, 0.15) is 26.2 Å². The summed E-state index contributed by atoms with van der Waals surface area (Å²) >= 11 is 0. The van der Waals surface area contributed by atoms with E-state index in [1.807, 2.05) is 0 Å². The molecule has 1 N–H and O–H groups in total. The molecule has 0 aromatic rings. The summed E-state index contributed by atoms with van der Waals surface area (Å²) in [6.45, 7) is 3.46. The molecule has 4 atom stereocenters. The maximum absolute atomic E-state index is 12.4. The summed E-state index contributed by atoms with van der Waals surface area (Å²) in [7, 11) is 0. The Morgan fingerprint density at radius 2 is 1.56 bits per heavy atom. The number of carbonyl (C=O) groups is 2. The fourth-order valence-electron chi connectivity index (χ4n) is 3.61. The van der Waals surface area contributed by atoms with Gasteiger partial charge >= 0.3 is 0 Å². The first-order valence-electron chi connectivity index (χ1n) is 6.87. The van der Waals surface area contributed by atoms with Crippen molar-refractivity contribution in [2.75, 3.05) is 19.7 Å². The highest BCUT2D eigenvalue weighted by atomic mass is 16.3. The first-order chi connectivity index (χ1) is 8.65. The quantitative estimate of drug-likeness (QED) is 0.742. The Hall–Kier alpha value is -1.10. The van der Waals surface area contributed by atoms with Crippen molar-refractivity contribution >= 4 is 11.8 Å². The summed E-state index contributed by atoms with van der Waals surface area (Å²) in [5.74, 6) is 0.750. The largest absolute Gasteiger partial charge is 0.396 e. The van der Waals surface area contributed by atoms with Crippen LogP contribution in [-0.4, -0.2) is 58.5 Å². The molecule has 0 spiro atoms. The van der Waals surface area contributed by atoms with Crippen LogP contribution in [0, 0.1) is 11.8 Å². The molecule has 3 fully saturated rings. The van der Waals surface area contributed by atoms with Gasteiger partial charge in [0.25, 0.3) is 0 Å². The molecule has 0 radical (unpaired) electrons. The average Bonchev–Trinajstić information content (AvgIpc) is 3.00. The lowest BCUT2D eigenvalue weighted by atomic mass is 10.0. The van der Waals surface area contributed by atoms with E-state index in [2.05, 4.69) is 6.92 Å². The molecule has 5 nitrogen and oxygen atoms in total. The molecule has 0 aliphatic carbocycles. The van der Waals surface area contributed by atoms with Gasteiger partial charge in [0.1, 0.15) is 12.1 Å². The third-order valence-electron chi connectivity index (χ3n) is 4.75. The molecular weight excluding hydrogens is 232 g/mol. The van der Waals surface area contributed by atoms with Gasteiger partial charge in [-0.15, -0.1) is 0 Å². The highest BCUT2D eigenvalue weighted by molar-refractivity contribution is 5.98. The molecule has 5 heteroatoms. The maximum Gasteiger partial charge on any atom is 0.246 e. The van der Waals surface area contributed by atoms with Crippen LogP contribution >= 0.6 is 0 Å². The smallest absolute Gasteiger partial charge is 0.246 e. The number of piperazine rings is 1. The molecule has 3 aliphatic rings. The highest BCUT2D eigenvalue weighted by Crippen LogP contribution is 2.36. The average molecular weight is 252 g/mol. The van der Waals surface area contributed by atoms with Crippen molar-refractivity contribution in [2.45, 2.75) is 38.3 Å². The Morgan fingerprint density at radius 3 is 2.06 bits per heavy atom. The van der Waals surface area contributed by atoms with Gasteiger partial charge in [-0.1, -0.05) is 13.3 Å². The van der Waals surface area contributed by atoms with Crippen LogP contribution in [-0.2, 0) is 9.59 Å². The first kappa shape index (κ1) is 12.0. The molecule has 0 aromatic carbocycles. The number of aliphatic hydroxyl groups is 1. The predicted molar refractivity (Wildman–Crippen MR) is 64.6 cm³/mol. The second-order valence-corrected chi connectivity index (χ2v) is 5.81. The van der Waals surface area contributed by atoms with E-state index in [1.165, 1.54) is 0 Å². The molecule has 18 heavy (non-hydrogen) atoms. The number of amides is 2. The van der Waals surface area contributed by atoms with Crippen LogP contribution in [0.15, 0.2) is 0 Å². The van der Waals surface area contributed by atoms with Gasteiger partial charge in [0.05, 0.1) is 0 Å². The topological polar surface area (TPSA) is 60.9 Å². The maximum atomic E-state index is 12.4. The van der Waals surface area contributed by atoms with Crippen LogP contribution in [0.3, 0.4) is 0 Å². The van der Waals surface area contributed by atoms with Crippen molar-refractivity contribution in [1.29, 1.82) is 0 Å². The van der Waals surface area contributed by atoms with E-state index in [0.29, 0.717) is 18.9 Å². The number of aliphatic hydroxyl groups excluding tert-OH is 1. The third kappa shape index (κ3) is 1.56.